The summed E-state index contributed by atoms with van der Waals surface area (Å²) < 4.78 is 7.41. The molecule has 3 atom stereocenters. The number of aromatic nitrogens is 2. The Morgan fingerprint density at radius 3 is 2.94 bits per heavy atom. The van der Waals surface area contributed by atoms with Crippen molar-refractivity contribution in [2.75, 3.05) is 13.7 Å². The van der Waals surface area contributed by atoms with Crippen LogP contribution in [0.15, 0.2) is 6.20 Å². The first kappa shape index (κ1) is 13.4. The first-order chi connectivity index (χ1) is 8.69. The van der Waals surface area contributed by atoms with Gasteiger partial charge in [0.05, 0.1) is 19.0 Å². The molecule has 102 valence electrons. The number of aryl methyl sites for hydroxylation is 1. The smallest absolute Gasteiger partial charge is 0.160 e. The van der Waals surface area contributed by atoms with Crippen LogP contribution >= 0.6 is 0 Å². The van der Waals surface area contributed by atoms with Gasteiger partial charge in [0.1, 0.15) is 0 Å². The second-order valence-electron chi connectivity index (χ2n) is 5.33. The lowest BCUT2D eigenvalue weighted by molar-refractivity contribution is 0.372. The summed E-state index contributed by atoms with van der Waals surface area (Å²) in [5.74, 6) is 2.13. The monoisotopic (exact) mass is 251 g/mol. The Kier molecular flexibility index (Phi) is 4.27. The maximum atomic E-state index is 5.44. The highest BCUT2D eigenvalue weighted by molar-refractivity contribution is 5.30. The van der Waals surface area contributed by atoms with Gasteiger partial charge in [-0.3, -0.25) is 4.68 Å². The molecule has 0 bridgehead atoms. The van der Waals surface area contributed by atoms with Crippen LogP contribution in [0.25, 0.3) is 0 Å². The first-order valence-electron chi connectivity index (χ1n) is 6.98. The van der Waals surface area contributed by atoms with E-state index in [2.05, 4.69) is 24.3 Å². The van der Waals surface area contributed by atoms with Crippen LogP contribution in [-0.4, -0.2) is 29.5 Å². The summed E-state index contributed by atoms with van der Waals surface area (Å²) in [7, 11) is 3.74. The molecule has 18 heavy (non-hydrogen) atoms. The van der Waals surface area contributed by atoms with Gasteiger partial charge in [-0.2, -0.15) is 5.10 Å². The van der Waals surface area contributed by atoms with E-state index in [0.29, 0.717) is 17.9 Å². The minimum Gasteiger partial charge on any atom is -0.493 e. The average Bonchev–Trinajstić information content (AvgIpc) is 2.90. The average molecular weight is 251 g/mol. The van der Waals surface area contributed by atoms with Crippen LogP contribution in [0.2, 0.25) is 0 Å². The third-order valence-electron chi connectivity index (χ3n) is 4.23. The van der Waals surface area contributed by atoms with Crippen LogP contribution in [0.5, 0.6) is 5.75 Å². The summed E-state index contributed by atoms with van der Waals surface area (Å²) in [6, 6.07) is 0.634. The van der Waals surface area contributed by atoms with Crippen molar-refractivity contribution in [2.24, 2.45) is 13.0 Å². The standard InChI is InChI=1S/C14H25N3O/c1-5-8-15-12-7-6-11(10(12)2)14-13(18-4)9-16-17(14)3/h9-12,15H,5-8H2,1-4H3. The highest BCUT2D eigenvalue weighted by Gasteiger charge is 2.36. The molecule has 1 N–H and O–H groups in total. The molecule has 2 rings (SSSR count). The van der Waals surface area contributed by atoms with Crippen molar-refractivity contribution in [2.45, 2.75) is 45.1 Å². The van der Waals surface area contributed by atoms with Gasteiger partial charge in [-0.25, -0.2) is 0 Å². The van der Waals surface area contributed by atoms with Crippen molar-refractivity contribution >= 4 is 0 Å². The summed E-state index contributed by atoms with van der Waals surface area (Å²) >= 11 is 0. The second-order valence-corrected chi connectivity index (χ2v) is 5.33. The maximum absolute atomic E-state index is 5.44. The van der Waals surface area contributed by atoms with E-state index in [0.717, 1.165) is 12.3 Å². The van der Waals surface area contributed by atoms with Gasteiger partial charge in [-0.05, 0) is 31.7 Å². The number of nitrogens with one attached hydrogen (secondary N) is 1. The molecule has 1 fully saturated rings. The Hall–Kier alpha value is -1.03. The molecule has 1 aromatic heterocycles. The lowest BCUT2D eigenvalue weighted by Crippen LogP contribution is -2.33. The molecular weight excluding hydrogens is 226 g/mol. The summed E-state index contributed by atoms with van der Waals surface area (Å²) in [4.78, 5) is 0. The zero-order valence-electron chi connectivity index (χ0n) is 11.9. The molecule has 4 heteroatoms. The van der Waals surface area contributed by atoms with E-state index < -0.39 is 0 Å². The fourth-order valence-corrected chi connectivity index (χ4v) is 3.18. The summed E-state index contributed by atoms with van der Waals surface area (Å²) in [5, 5.41) is 7.98. The molecule has 1 aliphatic carbocycles. The van der Waals surface area contributed by atoms with Gasteiger partial charge >= 0.3 is 0 Å². The predicted molar refractivity (Wildman–Crippen MR) is 73.0 cm³/mol. The van der Waals surface area contributed by atoms with Crippen LogP contribution < -0.4 is 10.1 Å². The van der Waals surface area contributed by atoms with Crippen LogP contribution in [0.4, 0.5) is 0 Å². The van der Waals surface area contributed by atoms with Crippen molar-refractivity contribution in [3.63, 3.8) is 0 Å². The van der Waals surface area contributed by atoms with E-state index in [1.807, 2.05) is 17.9 Å². The van der Waals surface area contributed by atoms with E-state index in [1.165, 1.54) is 25.0 Å². The van der Waals surface area contributed by atoms with E-state index in [-0.39, 0.29) is 0 Å². The molecule has 0 aromatic carbocycles. The topological polar surface area (TPSA) is 39.1 Å². The fraction of sp³-hybridized carbons (Fsp3) is 0.786. The van der Waals surface area contributed by atoms with Crippen LogP contribution in [0, 0.1) is 5.92 Å². The second kappa shape index (κ2) is 5.74. The Morgan fingerprint density at radius 1 is 1.50 bits per heavy atom. The third-order valence-corrected chi connectivity index (χ3v) is 4.23. The van der Waals surface area contributed by atoms with Crippen LogP contribution in [0.1, 0.15) is 44.7 Å². The molecule has 3 unspecified atom stereocenters. The lowest BCUT2D eigenvalue weighted by atomic mass is 9.92. The van der Waals surface area contributed by atoms with Gasteiger partial charge in [-0.1, -0.05) is 13.8 Å². The van der Waals surface area contributed by atoms with Crippen molar-refractivity contribution in [1.29, 1.82) is 0 Å². The number of nitrogens with zero attached hydrogens (tertiary/aromatic N) is 2. The molecular formula is C14H25N3O. The van der Waals surface area contributed by atoms with Crippen molar-refractivity contribution in [1.82, 2.24) is 15.1 Å². The van der Waals surface area contributed by atoms with Gasteiger partial charge in [0, 0.05) is 19.0 Å². The Bertz CT molecular complexity index is 388. The van der Waals surface area contributed by atoms with Crippen molar-refractivity contribution < 1.29 is 4.74 Å². The highest BCUT2D eigenvalue weighted by Crippen LogP contribution is 2.42. The number of hydrogen-bond donors (Lipinski definition) is 1. The quantitative estimate of drug-likeness (QED) is 0.873. The SMILES string of the molecule is CCCNC1CCC(c2c(OC)cnn2C)C1C. The van der Waals surface area contributed by atoms with Gasteiger partial charge < -0.3 is 10.1 Å². The summed E-state index contributed by atoms with van der Waals surface area (Å²) in [5.41, 5.74) is 1.26. The van der Waals surface area contributed by atoms with E-state index >= 15 is 0 Å². The zero-order chi connectivity index (χ0) is 13.1. The molecule has 1 saturated carbocycles. The number of methoxy groups -OCH3 is 1. The normalized spacial score (nSPS) is 27.7. The van der Waals surface area contributed by atoms with Crippen LogP contribution in [-0.2, 0) is 7.05 Å². The predicted octanol–water partition coefficient (Wildman–Crippen LogP) is 2.31. The van der Waals surface area contributed by atoms with Crippen molar-refractivity contribution in [3.05, 3.63) is 11.9 Å². The van der Waals surface area contributed by atoms with Gasteiger partial charge in [0.15, 0.2) is 5.75 Å². The molecule has 1 aliphatic rings. The van der Waals surface area contributed by atoms with Crippen LogP contribution in [0.3, 0.4) is 0 Å². The number of ether oxygens (including phenoxy) is 1. The Balaban J connectivity index is 2.12. The van der Waals surface area contributed by atoms with E-state index in [9.17, 15) is 0 Å². The number of rotatable bonds is 5. The molecule has 1 aromatic rings. The zero-order valence-corrected chi connectivity index (χ0v) is 11.9. The molecule has 0 radical (unpaired) electrons. The molecule has 0 saturated heterocycles. The number of hydrogen-bond acceptors (Lipinski definition) is 3. The minimum absolute atomic E-state index is 0.557. The van der Waals surface area contributed by atoms with E-state index in [1.54, 1.807) is 7.11 Å². The Labute approximate surface area is 110 Å². The lowest BCUT2D eigenvalue weighted by Gasteiger charge is -2.22. The summed E-state index contributed by atoms with van der Waals surface area (Å²) in [6.45, 7) is 5.68. The highest BCUT2D eigenvalue weighted by atomic mass is 16.5. The minimum atomic E-state index is 0.557. The third kappa shape index (κ3) is 2.39. The molecule has 0 amide bonds. The van der Waals surface area contributed by atoms with Crippen molar-refractivity contribution in [3.8, 4) is 5.75 Å². The molecule has 4 nitrogen and oxygen atoms in total. The first-order valence-corrected chi connectivity index (χ1v) is 6.98. The van der Waals surface area contributed by atoms with E-state index in [4.69, 9.17) is 4.74 Å². The maximum Gasteiger partial charge on any atom is 0.160 e. The molecule has 0 aliphatic heterocycles. The molecule has 0 spiro atoms. The van der Waals surface area contributed by atoms with Gasteiger partial charge in [0.25, 0.3) is 0 Å². The summed E-state index contributed by atoms with van der Waals surface area (Å²) in [6.07, 6.45) is 5.50. The Morgan fingerprint density at radius 2 is 2.28 bits per heavy atom. The molecule has 1 heterocycles. The largest absolute Gasteiger partial charge is 0.493 e. The van der Waals surface area contributed by atoms with Gasteiger partial charge in [-0.15, -0.1) is 0 Å². The van der Waals surface area contributed by atoms with Gasteiger partial charge in [0.2, 0.25) is 0 Å². The fourth-order valence-electron chi connectivity index (χ4n) is 3.18.